The van der Waals surface area contributed by atoms with Crippen molar-refractivity contribution in [1.82, 2.24) is 20.2 Å². The molecule has 35 heavy (non-hydrogen) atoms. The van der Waals surface area contributed by atoms with Gasteiger partial charge in [-0.25, -0.2) is 18.5 Å². The van der Waals surface area contributed by atoms with Gasteiger partial charge in [0.05, 0.1) is 23.4 Å². The Hall–Kier alpha value is -3.18. The Morgan fingerprint density at radius 2 is 1.71 bits per heavy atom. The van der Waals surface area contributed by atoms with Gasteiger partial charge in [-0.05, 0) is 24.3 Å². The van der Waals surface area contributed by atoms with Crippen LogP contribution < -0.4 is 10.2 Å². The number of rotatable bonds is 5. The second-order valence-electron chi connectivity index (χ2n) is 7.95. The number of nitrogens with zero attached hydrogens (tertiary/aromatic N) is 3. The number of benzene rings is 2. The number of carbonyl (C=O) groups is 1. The van der Waals surface area contributed by atoms with Crippen LogP contribution in [0.1, 0.15) is 28.9 Å². The fourth-order valence-corrected chi connectivity index (χ4v) is 3.97. The maximum absolute atomic E-state index is 13.5. The molecule has 0 spiro atoms. The highest BCUT2D eigenvalue weighted by Crippen LogP contribution is 2.38. The summed E-state index contributed by atoms with van der Waals surface area (Å²) in [6.45, 7) is -0.115. The van der Waals surface area contributed by atoms with Gasteiger partial charge < -0.3 is 4.74 Å². The Morgan fingerprint density at radius 3 is 2.29 bits per heavy atom. The number of ether oxygens (including phenoxy) is 1. The van der Waals surface area contributed by atoms with Gasteiger partial charge in [-0.3, -0.25) is 10.2 Å². The van der Waals surface area contributed by atoms with Crippen LogP contribution in [0, 0.1) is 0 Å². The van der Waals surface area contributed by atoms with E-state index in [9.17, 15) is 26.7 Å². The number of hydrazine groups is 1. The van der Waals surface area contributed by atoms with E-state index in [0.29, 0.717) is 11.3 Å². The van der Waals surface area contributed by atoms with Crippen LogP contribution in [0.2, 0.25) is 5.02 Å². The zero-order valence-electron chi connectivity index (χ0n) is 18.4. The zero-order valence-corrected chi connectivity index (χ0v) is 19.1. The quantitative estimate of drug-likeness (QED) is 0.451. The molecular formula is C23H20ClF5N4O2. The highest BCUT2D eigenvalue weighted by Gasteiger charge is 2.36. The van der Waals surface area contributed by atoms with Crippen LogP contribution in [-0.4, -0.2) is 46.8 Å². The lowest BCUT2D eigenvalue weighted by atomic mass is 10.1. The van der Waals surface area contributed by atoms with Crippen LogP contribution >= 0.6 is 11.6 Å². The lowest BCUT2D eigenvalue weighted by molar-refractivity contribution is -0.137. The monoisotopic (exact) mass is 514 g/mol. The van der Waals surface area contributed by atoms with E-state index in [-0.39, 0.29) is 35.2 Å². The van der Waals surface area contributed by atoms with E-state index in [0.717, 1.165) is 12.1 Å². The molecule has 1 N–H and O–H groups in total. The minimum Gasteiger partial charge on any atom is -0.492 e. The molecule has 186 valence electrons. The smallest absolute Gasteiger partial charge is 0.416 e. The molecule has 6 nitrogen and oxygen atoms in total. The molecule has 4 rings (SSSR count). The summed E-state index contributed by atoms with van der Waals surface area (Å²) in [4.78, 5) is 13.1. The number of para-hydroxylation sites is 1. The van der Waals surface area contributed by atoms with Gasteiger partial charge in [0.1, 0.15) is 5.69 Å². The van der Waals surface area contributed by atoms with Gasteiger partial charge in [-0.2, -0.15) is 18.3 Å². The number of nitrogens with one attached hydrogen (secondary N) is 1. The molecule has 2 aromatic carbocycles. The Labute approximate surface area is 202 Å². The molecule has 1 saturated heterocycles. The van der Waals surface area contributed by atoms with Crippen LogP contribution in [0.25, 0.3) is 16.9 Å². The normalized spacial score (nSPS) is 16.2. The Kier molecular flexibility index (Phi) is 6.74. The van der Waals surface area contributed by atoms with Crippen molar-refractivity contribution >= 4 is 17.5 Å². The van der Waals surface area contributed by atoms with E-state index in [1.165, 1.54) is 28.9 Å². The maximum Gasteiger partial charge on any atom is 0.416 e. The van der Waals surface area contributed by atoms with E-state index < -0.39 is 36.4 Å². The van der Waals surface area contributed by atoms with Crippen molar-refractivity contribution in [3.05, 3.63) is 64.8 Å². The van der Waals surface area contributed by atoms with Crippen molar-refractivity contribution < 1.29 is 31.5 Å². The highest BCUT2D eigenvalue weighted by atomic mass is 35.5. The van der Waals surface area contributed by atoms with Gasteiger partial charge in [0.15, 0.2) is 11.4 Å². The maximum atomic E-state index is 13.5. The summed E-state index contributed by atoms with van der Waals surface area (Å²) in [5.74, 6) is -3.52. The molecule has 1 aliphatic heterocycles. The second kappa shape index (κ2) is 9.46. The average molecular weight is 515 g/mol. The molecule has 0 bridgehead atoms. The van der Waals surface area contributed by atoms with Crippen LogP contribution in [0.4, 0.5) is 22.0 Å². The van der Waals surface area contributed by atoms with Crippen molar-refractivity contribution in [2.45, 2.75) is 24.9 Å². The predicted octanol–water partition coefficient (Wildman–Crippen LogP) is 5.60. The van der Waals surface area contributed by atoms with E-state index in [1.54, 1.807) is 24.3 Å². The summed E-state index contributed by atoms with van der Waals surface area (Å²) >= 11 is 6.34. The first kappa shape index (κ1) is 24.9. The number of piperidine rings is 1. The van der Waals surface area contributed by atoms with E-state index in [2.05, 4.69) is 10.5 Å². The molecule has 1 aliphatic rings. The summed E-state index contributed by atoms with van der Waals surface area (Å²) in [5.41, 5.74) is 2.38. The number of halogens is 6. The van der Waals surface area contributed by atoms with Gasteiger partial charge >= 0.3 is 6.18 Å². The third-order valence-corrected chi connectivity index (χ3v) is 5.90. The summed E-state index contributed by atoms with van der Waals surface area (Å²) < 4.78 is 73.0. The largest absolute Gasteiger partial charge is 0.492 e. The van der Waals surface area contributed by atoms with E-state index in [1.807, 2.05) is 0 Å². The highest BCUT2D eigenvalue weighted by molar-refractivity contribution is 6.32. The van der Waals surface area contributed by atoms with Gasteiger partial charge in [-0.1, -0.05) is 35.9 Å². The van der Waals surface area contributed by atoms with Crippen LogP contribution in [0.5, 0.6) is 5.75 Å². The topological polar surface area (TPSA) is 59.4 Å². The Bertz CT molecular complexity index is 1220. The van der Waals surface area contributed by atoms with Crippen molar-refractivity contribution in [2.24, 2.45) is 0 Å². The van der Waals surface area contributed by atoms with Gasteiger partial charge in [0.2, 0.25) is 0 Å². The van der Waals surface area contributed by atoms with E-state index >= 15 is 0 Å². The number of hydrogen-bond acceptors (Lipinski definition) is 4. The van der Waals surface area contributed by atoms with Crippen molar-refractivity contribution in [3.8, 4) is 22.7 Å². The van der Waals surface area contributed by atoms with Crippen molar-refractivity contribution in [3.63, 3.8) is 0 Å². The standard InChI is InChI=1S/C23H20ClF5N4O2/c1-35-20-18(21(34)31-32-12-10-22(25,26)11-13-32)30-33(17-5-3-2-4-16(17)24)19(20)14-6-8-15(9-7-14)23(27,28)29/h2-9H,10-13H2,1H3,(H,31,34). The number of hydrogen-bond donors (Lipinski definition) is 1. The summed E-state index contributed by atoms with van der Waals surface area (Å²) in [6.07, 6.45) is -5.34. The molecule has 0 atom stereocenters. The van der Waals surface area contributed by atoms with Crippen molar-refractivity contribution in [2.75, 3.05) is 20.2 Å². The molecule has 0 unspecified atom stereocenters. The third kappa shape index (κ3) is 5.25. The molecule has 0 saturated carbocycles. The minimum absolute atomic E-state index is 0.00971. The SMILES string of the molecule is COc1c(C(=O)NN2CCC(F)(F)CC2)nn(-c2ccccc2Cl)c1-c1ccc(C(F)(F)F)cc1. The van der Waals surface area contributed by atoms with Gasteiger partial charge in [-0.15, -0.1) is 0 Å². The molecule has 1 amide bonds. The molecule has 1 fully saturated rings. The van der Waals surface area contributed by atoms with E-state index in [4.69, 9.17) is 16.3 Å². The molecule has 0 radical (unpaired) electrons. The Balaban J connectivity index is 1.77. The fourth-order valence-electron chi connectivity index (χ4n) is 3.76. The fraction of sp³-hybridized carbons (Fsp3) is 0.304. The third-order valence-electron chi connectivity index (χ3n) is 5.58. The first-order chi connectivity index (χ1) is 16.5. The number of alkyl halides is 5. The first-order valence-electron chi connectivity index (χ1n) is 10.5. The average Bonchev–Trinajstić information content (AvgIpc) is 3.20. The summed E-state index contributed by atoms with van der Waals surface area (Å²) in [5, 5.41) is 5.99. The first-order valence-corrected chi connectivity index (χ1v) is 10.9. The van der Waals surface area contributed by atoms with Gasteiger partial charge in [0.25, 0.3) is 11.8 Å². The van der Waals surface area contributed by atoms with Crippen LogP contribution in [0.15, 0.2) is 48.5 Å². The predicted molar refractivity (Wildman–Crippen MR) is 119 cm³/mol. The Morgan fingerprint density at radius 1 is 1.09 bits per heavy atom. The molecule has 2 heterocycles. The van der Waals surface area contributed by atoms with Crippen LogP contribution in [-0.2, 0) is 6.18 Å². The number of carbonyl (C=O) groups excluding carboxylic acids is 1. The lowest BCUT2D eigenvalue weighted by Gasteiger charge is -2.31. The van der Waals surface area contributed by atoms with Gasteiger partial charge in [0, 0.05) is 31.5 Å². The van der Waals surface area contributed by atoms with Crippen molar-refractivity contribution in [1.29, 1.82) is 0 Å². The minimum atomic E-state index is -4.53. The summed E-state index contributed by atoms with van der Waals surface area (Å²) in [6, 6.07) is 10.9. The van der Waals surface area contributed by atoms with Crippen LogP contribution in [0.3, 0.4) is 0 Å². The second-order valence-corrected chi connectivity index (χ2v) is 8.36. The molecule has 3 aromatic rings. The summed E-state index contributed by atoms with van der Waals surface area (Å²) in [7, 11) is 1.29. The number of methoxy groups -OCH3 is 1. The number of amides is 1. The lowest BCUT2D eigenvalue weighted by Crippen LogP contribution is -2.49. The molecule has 1 aromatic heterocycles. The number of aromatic nitrogens is 2. The molecular weight excluding hydrogens is 495 g/mol. The molecule has 12 heteroatoms. The zero-order chi connectivity index (χ0) is 25.4. The molecule has 0 aliphatic carbocycles.